The molecule has 31 heavy (non-hydrogen) atoms. The van der Waals surface area contributed by atoms with Crippen LogP contribution in [0.25, 0.3) is 22.4 Å². The first-order valence-corrected chi connectivity index (χ1v) is 11.3. The van der Waals surface area contributed by atoms with E-state index in [1.165, 1.54) is 23.3 Å². The number of aromatic nitrogens is 4. The lowest BCUT2D eigenvalue weighted by Gasteiger charge is -2.04. The maximum atomic E-state index is 12.2. The predicted molar refractivity (Wildman–Crippen MR) is 123 cm³/mol. The van der Waals surface area contributed by atoms with E-state index in [1.807, 2.05) is 48.0 Å². The topological polar surface area (TPSA) is 102 Å². The maximum Gasteiger partial charge on any atom is 0.271 e. The number of hydrogen-bond donors (Lipinski definition) is 2. The van der Waals surface area contributed by atoms with Crippen LogP contribution in [0, 0.1) is 0 Å². The molecule has 0 unspecified atom stereocenters. The van der Waals surface area contributed by atoms with Crippen LogP contribution in [0.2, 0.25) is 0 Å². The lowest BCUT2D eigenvalue weighted by atomic mass is 10.0. The van der Waals surface area contributed by atoms with Crippen LogP contribution in [-0.4, -0.2) is 43.5 Å². The van der Waals surface area contributed by atoms with Gasteiger partial charge in [0.25, 0.3) is 5.91 Å². The summed E-state index contributed by atoms with van der Waals surface area (Å²) in [6.07, 6.45) is 8.53. The second kappa shape index (κ2) is 9.54. The zero-order chi connectivity index (χ0) is 21.6. The van der Waals surface area contributed by atoms with Gasteiger partial charge in [0.05, 0.1) is 12.2 Å². The summed E-state index contributed by atoms with van der Waals surface area (Å²) in [6, 6.07) is 11.9. The third kappa shape index (κ3) is 5.16. The minimum absolute atomic E-state index is 0.169. The van der Waals surface area contributed by atoms with Gasteiger partial charge in [0.2, 0.25) is 5.91 Å². The summed E-state index contributed by atoms with van der Waals surface area (Å²) >= 11 is 2.75. The molecule has 0 spiro atoms. The Balaban J connectivity index is 1.37. The molecule has 156 valence electrons. The maximum absolute atomic E-state index is 12.2. The van der Waals surface area contributed by atoms with Gasteiger partial charge in [-0.2, -0.15) is 0 Å². The van der Waals surface area contributed by atoms with Crippen LogP contribution in [0.4, 0.5) is 5.13 Å². The summed E-state index contributed by atoms with van der Waals surface area (Å²) in [5, 5.41) is 7.63. The molecule has 10 heteroatoms. The van der Waals surface area contributed by atoms with Crippen molar-refractivity contribution in [3.8, 4) is 22.4 Å². The van der Waals surface area contributed by atoms with Crippen molar-refractivity contribution in [2.75, 3.05) is 18.1 Å². The Morgan fingerprint density at radius 1 is 1.13 bits per heavy atom. The van der Waals surface area contributed by atoms with Crippen molar-refractivity contribution in [3.63, 3.8) is 0 Å². The number of thiazole rings is 1. The van der Waals surface area contributed by atoms with Gasteiger partial charge in [0.1, 0.15) is 12.0 Å². The van der Waals surface area contributed by atoms with Gasteiger partial charge < -0.3 is 10.6 Å². The van der Waals surface area contributed by atoms with Gasteiger partial charge in [-0.1, -0.05) is 18.2 Å². The van der Waals surface area contributed by atoms with Crippen LogP contribution in [0.15, 0.2) is 66.7 Å². The molecule has 0 aliphatic rings. The zero-order valence-corrected chi connectivity index (χ0v) is 18.1. The normalized spacial score (nSPS) is 10.6. The summed E-state index contributed by atoms with van der Waals surface area (Å²) in [4.78, 5) is 36.8. The predicted octanol–water partition coefficient (Wildman–Crippen LogP) is 3.56. The number of anilines is 1. The zero-order valence-electron chi connectivity index (χ0n) is 16.5. The Kier molecular flexibility index (Phi) is 6.39. The molecular formula is C21H18N6O2S2. The van der Waals surface area contributed by atoms with Gasteiger partial charge in [0.15, 0.2) is 5.13 Å². The molecule has 0 bridgehead atoms. The average Bonchev–Trinajstić information content (AvgIpc) is 3.48. The van der Waals surface area contributed by atoms with Gasteiger partial charge in [-0.15, -0.1) is 11.3 Å². The summed E-state index contributed by atoms with van der Waals surface area (Å²) < 4.78 is 1.70. The molecule has 0 saturated carbocycles. The number of amides is 2. The first-order chi connectivity index (χ1) is 15.1. The fourth-order valence-electron chi connectivity index (χ4n) is 2.80. The molecule has 4 rings (SSSR count). The van der Waals surface area contributed by atoms with E-state index in [0.29, 0.717) is 5.13 Å². The number of carbonyl (C=O) groups is 2. The number of pyridine rings is 1. The number of hydrogen-bond acceptors (Lipinski definition) is 7. The molecule has 0 aliphatic carbocycles. The number of imidazole rings is 1. The fraction of sp³-hybridized carbons (Fsp3) is 0.0952. The molecule has 1 aromatic carbocycles. The lowest BCUT2D eigenvalue weighted by Crippen LogP contribution is -2.33. The molecular weight excluding hydrogens is 432 g/mol. The van der Waals surface area contributed by atoms with Gasteiger partial charge >= 0.3 is 0 Å². The summed E-state index contributed by atoms with van der Waals surface area (Å²) in [5.41, 5.74) is 4.10. The van der Waals surface area contributed by atoms with Gasteiger partial charge in [0, 0.05) is 35.8 Å². The van der Waals surface area contributed by atoms with Crippen LogP contribution < -0.4 is 10.6 Å². The Labute approximate surface area is 186 Å². The molecule has 0 atom stereocenters. The number of benzene rings is 1. The summed E-state index contributed by atoms with van der Waals surface area (Å²) in [6.45, 7) is -0.169. The third-order valence-corrected chi connectivity index (χ3v) is 5.71. The quantitative estimate of drug-likeness (QED) is 0.446. The Morgan fingerprint density at radius 3 is 2.71 bits per heavy atom. The second-order valence-corrected chi connectivity index (χ2v) is 8.03. The molecule has 4 aromatic rings. The summed E-state index contributed by atoms with van der Waals surface area (Å²) in [5.74, 6) is -0.764. The smallest absolute Gasteiger partial charge is 0.271 e. The van der Waals surface area contributed by atoms with Gasteiger partial charge in [-0.05, 0) is 41.3 Å². The number of nitrogens with one attached hydrogen (secondary N) is 2. The molecule has 2 amide bonds. The Morgan fingerprint density at radius 2 is 1.94 bits per heavy atom. The summed E-state index contributed by atoms with van der Waals surface area (Å²) in [7, 11) is 0. The first-order valence-electron chi connectivity index (χ1n) is 9.25. The highest BCUT2D eigenvalue weighted by molar-refractivity contribution is 7.97. The van der Waals surface area contributed by atoms with Gasteiger partial charge in [-0.3, -0.25) is 18.5 Å². The van der Waals surface area contributed by atoms with Crippen molar-refractivity contribution in [3.05, 3.63) is 72.4 Å². The first kappa shape index (κ1) is 20.8. The average molecular weight is 451 g/mol. The number of rotatable bonds is 7. The molecule has 0 saturated heterocycles. The van der Waals surface area contributed by atoms with Crippen LogP contribution in [0.5, 0.6) is 0 Å². The van der Waals surface area contributed by atoms with E-state index >= 15 is 0 Å². The monoisotopic (exact) mass is 450 g/mol. The lowest BCUT2D eigenvalue weighted by molar-refractivity contribution is -0.115. The van der Waals surface area contributed by atoms with Crippen LogP contribution in [0.3, 0.4) is 0 Å². The SMILES string of the molecule is CSn1cnc(C(=O)NCC(=O)Nc2nc(-c3cccc(-c4ccncc4)c3)cs2)c1. The molecule has 3 aromatic heterocycles. The van der Waals surface area contributed by atoms with Crippen molar-refractivity contribution >= 4 is 40.2 Å². The minimum Gasteiger partial charge on any atom is -0.342 e. The highest BCUT2D eigenvalue weighted by Gasteiger charge is 2.13. The van der Waals surface area contributed by atoms with Crippen LogP contribution in [0.1, 0.15) is 10.5 Å². The minimum atomic E-state index is -0.407. The second-order valence-electron chi connectivity index (χ2n) is 6.39. The van der Waals surface area contributed by atoms with Crippen molar-refractivity contribution in [2.45, 2.75) is 0 Å². The fourth-order valence-corrected chi connectivity index (χ4v) is 3.89. The molecule has 8 nitrogen and oxygen atoms in total. The van der Waals surface area contributed by atoms with E-state index in [-0.39, 0.29) is 18.1 Å². The van der Waals surface area contributed by atoms with Crippen LogP contribution in [-0.2, 0) is 4.79 Å². The van der Waals surface area contributed by atoms with E-state index in [0.717, 1.165) is 22.4 Å². The van der Waals surface area contributed by atoms with E-state index < -0.39 is 5.91 Å². The Hall–Kier alpha value is -3.50. The molecule has 0 aliphatic heterocycles. The third-order valence-electron chi connectivity index (χ3n) is 4.34. The Bertz CT molecular complexity index is 1210. The van der Waals surface area contributed by atoms with Crippen molar-refractivity contribution in [1.82, 2.24) is 24.2 Å². The highest BCUT2D eigenvalue weighted by atomic mass is 32.2. The van der Waals surface area contributed by atoms with E-state index in [9.17, 15) is 9.59 Å². The van der Waals surface area contributed by atoms with Crippen molar-refractivity contribution < 1.29 is 9.59 Å². The van der Waals surface area contributed by atoms with E-state index in [2.05, 4.69) is 25.6 Å². The molecule has 2 N–H and O–H groups in total. The van der Waals surface area contributed by atoms with Crippen molar-refractivity contribution in [1.29, 1.82) is 0 Å². The van der Waals surface area contributed by atoms with E-state index in [4.69, 9.17) is 0 Å². The molecule has 3 heterocycles. The molecule has 0 fully saturated rings. The standard InChI is InChI=1S/C21H18N6O2S2/c1-30-27-11-17(24-13-27)20(29)23-10-19(28)26-21-25-18(12-31-21)16-4-2-3-15(9-16)14-5-7-22-8-6-14/h2-9,11-13H,10H2,1H3,(H,23,29)(H,25,26,28). The number of nitrogens with zero attached hydrogens (tertiary/aromatic N) is 4. The van der Waals surface area contributed by atoms with Crippen LogP contribution >= 0.6 is 23.3 Å². The molecule has 0 radical (unpaired) electrons. The van der Waals surface area contributed by atoms with Gasteiger partial charge in [-0.25, -0.2) is 9.97 Å². The highest BCUT2D eigenvalue weighted by Crippen LogP contribution is 2.28. The van der Waals surface area contributed by atoms with Crippen molar-refractivity contribution in [2.24, 2.45) is 0 Å². The van der Waals surface area contributed by atoms with E-state index in [1.54, 1.807) is 28.9 Å². The number of carbonyl (C=O) groups excluding carboxylic acids is 2. The largest absolute Gasteiger partial charge is 0.342 e.